The first-order chi connectivity index (χ1) is 21.8. The van der Waals surface area contributed by atoms with Crippen molar-refractivity contribution in [3.05, 3.63) is 135 Å². The predicted molar refractivity (Wildman–Crippen MR) is 178 cm³/mol. The third-order valence-corrected chi connectivity index (χ3v) is 9.16. The largest absolute Gasteiger partial charge is 0.350 e. The Bertz CT molecular complexity index is 1800. The zero-order valence-electron chi connectivity index (χ0n) is 25.7. The lowest BCUT2D eigenvalue weighted by atomic mass is 10.0. The van der Waals surface area contributed by atoms with Crippen LogP contribution in [0.1, 0.15) is 31.9 Å². The number of non-ortho nitro benzene ring substituents is 1. The van der Waals surface area contributed by atoms with Crippen molar-refractivity contribution in [2.75, 3.05) is 10.8 Å². The lowest BCUT2D eigenvalue weighted by molar-refractivity contribution is -0.384. The molecule has 0 aliphatic rings. The number of anilines is 1. The van der Waals surface area contributed by atoms with Crippen LogP contribution in [-0.2, 0) is 32.6 Å². The van der Waals surface area contributed by atoms with E-state index in [0.717, 1.165) is 15.9 Å². The number of nitro benzene ring substituents is 1. The fraction of sp³-hybridized carbons (Fsp3) is 0.235. The van der Waals surface area contributed by atoms with Gasteiger partial charge in [-0.1, -0.05) is 84.4 Å². The first kappa shape index (κ1) is 34.1. The van der Waals surface area contributed by atoms with Crippen molar-refractivity contribution in [1.82, 2.24) is 10.2 Å². The van der Waals surface area contributed by atoms with E-state index in [1.165, 1.54) is 47.4 Å². The van der Waals surface area contributed by atoms with E-state index >= 15 is 0 Å². The van der Waals surface area contributed by atoms with E-state index < -0.39 is 44.9 Å². The Morgan fingerprint density at radius 3 is 2.11 bits per heavy atom. The van der Waals surface area contributed by atoms with Crippen molar-refractivity contribution < 1.29 is 22.9 Å². The molecule has 0 aliphatic heterocycles. The smallest absolute Gasteiger partial charge is 0.271 e. The summed E-state index contributed by atoms with van der Waals surface area (Å²) in [5.74, 6) is -1.15. The van der Waals surface area contributed by atoms with Crippen LogP contribution < -0.4 is 9.62 Å². The van der Waals surface area contributed by atoms with Crippen molar-refractivity contribution in [3.8, 4) is 0 Å². The van der Waals surface area contributed by atoms with Gasteiger partial charge in [0.05, 0.1) is 15.5 Å². The number of carbonyl (C=O) groups is 2. The molecule has 4 rings (SSSR count). The van der Waals surface area contributed by atoms with Gasteiger partial charge in [0.25, 0.3) is 15.7 Å². The fourth-order valence-corrected chi connectivity index (χ4v) is 6.45. The molecule has 0 aromatic heterocycles. The Morgan fingerprint density at radius 2 is 1.50 bits per heavy atom. The van der Waals surface area contributed by atoms with E-state index in [4.69, 9.17) is 11.6 Å². The molecule has 240 valence electrons. The SMILES string of the molecule is CC(C)(C)NC(=O)C(Cc1ccccc1)N(Cc1ccccc1Cl)C(=O)CN(c1cccc([N+](=O)[O-])c1)S(=O)(=O)c1ccccc1. The average molecular weight is 663 g/mol. The zero-order chi connectivity index (χ0) is 33.5. The van der Waals surface area contributed by atoms with Crippen LogP contribution >= 0.6 is 11.6 Å². The van der Waals surface area contributed by atoms with Gasteiger partial charge in [-0.3, -0.25) is 24.0 Å². The van der Waals surface area contributed by atoms with Crippen molar-refractivity contribution >= 4 is 44.8 Å². The van der Waals surface area contributed by atoms with Crippen LogP contribution in [0, 0.1) is 10.1 Å². The molecule has 2 amide bonds. The van der Waals surface area contributed by atoms with E-state index in [1.54, 1.807) is 30.3 Å². The topological polar surface area (TPSA) is 130 Å². The molecule has 12 heteroatoms. The van der Waals surface area contributed by atoms with Crippen LogP contribution in [0.5, 0.6) is 0 Å². The summed E-state index contributed by atoms with van der Waals surface area (Å²) in [5.41, 5.74) is 0.255. The third kappa shape index (κ3) is 8.70. The van der Waals surface area contributed by atoms with Crippen LogP contribution in [0.25, 0.3) is 0 Å². The standard InChI is InChI=1S/C34H35ClN4O6S/c1-34(2,3)36-33(41)31(21-25-13-6-4-7-14-25)37(23-26-15-10-11-20-30(26)35)32(40)24-38(27-16-12-17-28(22-27)39(42)43)46(44,45)29-18-8-5-9-19-29/h4-20,22,31H,21,23-24H2,1-3H3,(H,36,41). The maximum atomic E-state index is 14.5. The molecule has 46 heavy (non-hydrogen) atoms. The number of amides is 2. The molecular formula is C34H35ClN4O6S. The van der Waals surface area contributed by atoms with Gasteiger partial charge in [0.2, 0.25) is 11.8 Å². The molecule has 10 nitrogen and oxygen atoms in total. The number of hydrogen-bond donors (Lipinski definition) is 1. The van der Waals surface area contributed by atoms with E-state index in [9.17, 15) is 28.1 Å². The minimum Gasteiger partial charge on any atom is -0.350 e. The molecule has 1 atom stereocenters. The summed E-state index contributed by atoms with van der Waals surface area (Å²) in [4.78, 5) is 40.6. The van der Waals surface area contributed by atoms with Crippen LogP contribution in [-0.4, -0.2) is 48.2 Å². The summed E-state index contributed by atoms with van der Waals surface area (Å²) >= 11 is 6.52. The molecule has 0 spiro atoms. The second-order valence-corrected chi connectivity index (χ2v) is 13.9. The van der Waals surface area contributed by atoms with Crippen LogP contribution in [0.4, 0.5) is 11.4 Å². The van der Waals surface area contributed by atoms with E-state index in [0.29, 0.717) is 10.6 Å². The highest BCUT2D eigenvalue weighted by molar-refractivity contribution is 7.92. The predicted octanol–water partition coefficient (Wildman–Crippen LogP) is 6.00. The molecular weight excluding hydrogens is 628 g/mol. The Labute approximate surface area is 273 Å². The molecule has 1 unspecified atom stereocenters. The van der Waals surface area contributed by atoms with E-state index in [1.807, 2.05) is 51.1 Å². The molecule has 0 radical (unpaired) electrons. The number of nitro groups is 1. The Morgan fingerprint density at radius 1 is 0.891 bits per heavy atom. The molecule has 1 N–H and O–H groups in total. The number of sulfonamides is 1. The Hall–Kier alpha value is -4.74. The summed E-state index contributed by atoms with van der Waals surface area (Å²) in [6.07, 6.45) is 0.126. The molecule has 0 aliphatic carbocycles. The molecule has 0 bridgehead atoms. The molecule has 4 aromatic rings. The lowest BCUT2D eigenvalue weighted by Crippen LogP contribution is -2.56. The number of hydrogen-bond acceptors (Lipinski definition) is 6. The number of rotatable bonds is 12. The number of carbonyl (C=O) groups excluding carboxylic acids is 2. The number of halogens is 1. The monoisotopic (exact) mass is 662 g/mol. The van der Waals surface area contributed by atoms with Crippen LogP contribution in [0.2, 0.25) is 5.02 Å². The molecule has 0 saturated carbocycles. The maximum Gasteiger partial charge on any atom is 0.271 e. The highest BCUT2D eigenvalue weighted by Crippen LogP contribution is 2.28. The fourth-order valence-electron chi connectivity index (χ4n) is 4.83. The van der Waals surface area contributed by atoms with Crippen LogP contribution in [0.15, 0.2) is 114 Å². The first-order valence-corrected chi connectivity index (χ1v) is 16.3. The normalized spacial score (nSPS) is 12.2. The van der Waals surface area contributed by atoms with E-state index in [2.05, 4.69) is 5.32 Å². The lowest BCUT2D eigenvalue weighted by Gasteiger charge is -2.35. The number of nitrogens with one attached hydrogen (secondary N) is 1. The summed E-state index contributed by atoms with van der Waals surface area (Å²) in [7, 11) is -4.40. The van der Waals surface area contributed by atoms with Gasteiger partial charge in [0.1, 0.15) is 12.6 Å². The van der Waals surface area contributed by atoms with Crippen molar-refractivity contribution in [2.24, 2.45) is 0 Å². The highest BCUT2D eigenvalue weighted by atomic mass is 35.5. The Kier molecular flexibility index (Phi) is 10.8. The van der Waals surface area contributed by atoms with Gasteiger partial charge in [0.15, 0.2) is 0 Å². The second-order valence-electron chi connectivity index (χ2n) is 11.7. The number of nitrogens with zero attached hydrogens (tertiary/aromatic N) is 3. The van der Waals surface area contributed by atoms with Gasteiger partial charge in [-0.2, -0.15) is 0 Å². The quantitative estimate of drug-likeness (QED) is 0.146. The van der Waals surface area contributed by atoms with Crippen LogP contribution in [0.3, 0.4) is 0 Å². The minimum absolute atomic E-state index is 0.0807. The summed E-state index contributed by atoms with van der Waals surface area (Å²) in [6, 6.07) is 27.5. The average Bonchev–Trinajstić information content (AvgIpc) is 3.02. The molecule has 0 saturated heterocycles. The summed E-state index contributed by atoms with van der Waals surface area (Å²) < 4.78 is 28.9. The molecule has 4 aromatic carbocycles. The third-order valence-electron chi connectivity index (χ3n) is 7.01. The first-order valence-electron chi connectivity index (χ1n) is 14.5. The minimum atomic E-state index is -4.40. The van der Waals surface area contributed by atoms with Gasteiger partial charge in [-0.05, 0) is 56.2 Å². The van der Waals surface area contributed by atoms with E-state index in [-0.39, 0.29) is 29.2 Å². The van der Waals surface area contributed by atoms with Gasteiger partial charge < -0.3 is 10.2 Å². The maximum absolute atomic E-state index is 14.5. The van der Waals surface area contributed by atoms with Crippen molar-refractivity contribution in [2.45, 2.75) is 50.2 Å². The van der Waals surface area contributed by atoms with Crippen molar-refractivity contribution in [3.63, 3.8) is 0 Å². The number of benzene rings is 4. The molecule has 0 fully saturated rings. The zero-order valence-corrected chi connectivity index (χ0v) is 27.2. The van der Waals surface area contributed by atoms with Gasteiger partial charge in [-0.15, -0.1) is 0 Å². The highest BCUT2D eigenvalue weighted by Gasteiger charge is 2.36. The summed E-state index contributed by atoms with van der Waals surface area (Å²) in [5, 5.41) is 14.9. The second kappa shape index (κ2) is 14.6. The van der Waals surface area contributed by atoms with Gasteiger partial charge in [-0.25, -0.2) is 8.42 Å². The Balaban J connectivity index is 1.85. The molecule has 0 heterocycles. The summed E-state index contributed by atoms with van der Waals surface area (Å²) in [6.45, 7) is 4.60. The van der Waals surface area contributed by atoms with Gasteiger partial charge >= 0.3 is 0 Å². The van der Waals surface area contributed by atoms with Crippen molar-refractivity contribution in [1.29, 1.82) is 0 Å². The van der Waals surface area contributed by atoms with Gasteiger partial charge in [0, 0.05) is 35.7 Å².